The Kier molecular flexibility index (Phi) is 4.24. The monoisotopic (exact) mass is 351 g/mol. The van der Waals surface area contributed by atoms with Gasteiger partial charge in [-0.05, 0) is 0 Å². The molecule has 0 atom stereocenters. The van der Waals surface area contributed by atoms with Gasteiger partial charge in [-0.15, -0.1) is 0 Å². The summed E-state index contributed by atoms with van der Waals surface area (Å²) in [5, 5.41) is 0. The van der Waals surface area contributed by atoms with Crippen molar-refractivity contribution in [2.45, 2.75) is 4.31 Å². The van der Waals surface area contributed by atoms with E-state index in [1.165, 1.54) is 0 Å². The zero-order valence-electron chi connectivity index (χ0n) is 12.0. The summed E-state index contributed by atoms with van der Waals surface area (Å²) in [4.78, 5) is 13.2. The van der Waals surface area contributed by atoms with Gasteiger partial charge >= 0.3 is 139 Å². The van der Waals surface area contributed by atoms with Crippen LogP contribution in [-0.4, -0.2) is 21.8 Å². The minimum absolute atomic E-state index is 0.0606. The van der Waals surface area contributed by atoms with Crippen molar-refractivity contribution in [2.24, 2.45) is 0 Å². The van der Waals surface area contributed by atoms with Gasteiger partial charge in [-0.3, -0.25) is 0 Å². The molecular weight excluding hydrogens is 335 g/mol. The van der Waals surface area contributed by atoms with E-state index in [4.69, 9.17) is 0 Å². The molecule has 0 saturated carbocycles. The zero-order chi connectivity index (χ0) is 15.4. The number of hydrogen-bond donors (Lipinski definition) is 0. The predicted molar refractivity (Wildman–Crippen MR) is 90.2 cm³/mol. The van der Waals surface area contributed by atoms with Crippen molar-refractivity contribution >= 4 is 21.8 Å². The van der Waals surface area contributed by atoms with Gasteiger partial charge in [0.25, 0.3) is 0 Å². The average molecular weight is 350 g/mol. The zero-order valence-corrected chi connectivity index (χ0v) is 13.7. The SMILES string of the molecule is O=C(c1ccccc1)C([Se])(c1ccccc1)c1ccccc1. The van der Waals surface area contributed by atoms with Gasteiger partial charge in [0.05, 0.1) is 0 Å². The fourth-order valence-electron chi connectivity index (χ4n) is 2.57. The van der Waals surface area contributed by atoms with E-state index in [9.17, 15) is 4.79 Å². The molecule has 0 aromatic heterocycles. The molecule has 0 unspecified atom stereocenters. The third kappa shape index (κ3) is 2.64. The molecule has 1 radical (unpaired) electrons. The van der Waals surface area contributed by atoms with Gasteiger partial charge < -0.3 is 0 Å². The van der Waals surface area contributed by atoms with Crippen LogP contribution in [0.2, 0.25) is 0 Å². The second-order valence-electron chi connectivity index (χ2n) is 5.11. The predicted octanol–water partition coefficient (Wildman–Crippen LogP) is 3.98. The van der Waals surface area contributed by atoms with Gasteiger partial charge in [-0.2, -0.15) is 0 Å². The molecule has 0 aliphatic carbocycles. The molecule has 22 heavy (non-hydrogen) atoms. The second kappa shape index (κ2) is 6.31. The maximum atomic E-state index is 13.2. The van der Waals surface area contributed by atoms with E-state index in [-0.39, 0.29) is 5.78 Å². The van der Waals surface area contributed by atoms with Crippen molar-refractivity contribution in [3.05, 3.63) is 108 Å². The van der Waals surface area contributed by atoms with Crippen LogP contribution in [0.4, 0.5) is 0 Å². The van der Waals surface area contributed by atoms with E-state index in [1.54, 1.807) is 0 Å². The van der Waals surface area contributed by atoms with Crippen molar-refractivity contribution in [3.63, 3.8) is 0 Å². The molecule has 3 aromatic rings. The van der Waals surface area contributed by atoms with E-state index in [0.717, 1.165) is 11.1 Å². The Morgan fingerprint density at radius 2 is 1.00 bits per heavy atom. The summed E-state index contributed by atoms with van der Waals surface area (Å²) < 4.78 is -0.816. The van der Waals surface area contributed by atoms with Crippen LogP contribution in [0.15, 0.2) is 91.0 Å². The van der Waals surface area contributed by atoms with E-state index in [1.807, 2.05) is 91.0 Å². The van der Waals surface area contributed by atoms with E-state index < -0.39 is 4.31 Å². The van der Waals surface area contributed by atoms with Gasteiger partial charge in [0.1, 0.15) is 0 Å². The summed E-state index contributed by atoms with van der Waals surface area (Å²) in [5.41, 5.74) is 2.61. The minimum atomic E-state index is -0.816. The van der Waals surface area contributed by atoms with Crippen molar-refractivity contribution in [3.8, 4) is 0 Å². The first-order valence-electron chi connectivity index (χ1n) is 7.14. The number of Topliss-reactive ketones (excluding diaryl/α,β-unsaturated/α-hetero) is 1. The Labute approximate surface area is 138 Å². The molecule has 0 aliphatic heterocycles. The summed E-state index contributed by atoms with van der Waals surface area (Å²) in [7, 11) is 0. The van der Waals surface area contributed by atoms with Crippen molar-refractivity contribution in [1.29, 1.82) is 0 Å². The van der Waals surface area contributed by atoms with Crippen LogP contribution in [-0.2, 0) is 4.31 Å². The van der Waals surface area contributed by atoms with Gasteiger partial charge in [-0.25, -0.2) is 0 Å². The second-order valence-corrected chi connectivity index (χ2v) is 6.39. The molecule has 0 aliphatic rings. The van der Waals surface area contributed by atoms with Gasteiger partial charge in [-0.1, -0.05) is 0 Å². The number of rotatable bonds is 4. The van der Waals surface area contributed by atoms with Crippen LogP contribution < -0.4 is 0 Å². The summed E-state index contributed by atoms with van der Waals surface area (Å²) in [5.74, 6) is 0.0606. The summed E-state index contributed by atoms with van der Waals surface area (Å²) >= 11 is 3.17. The Morgan fingerprint density at radius 3 is 1.41 bits per heavy atom. The van der Waals surface area contributed by atoms with Gasteiger partial charge in [0, 0.05) is 0 Å². The molecule has 0 fully saturated rings. The number of benzene rings is 3. The van der Waals surface area contributed by atoms with Crippen molar-refractivity contribution in [2.75, 3.05) is 0 Å². The first-order chi connectivity index (χ1) is 10.7. The number of ketones is 1. The van der Waals surface area contributed by atoms with Crippen molar-refractivity contribution in [1.82, 2.24) is 0 Å². The van der Waals surface area contributed by atoms with Crippen LogP contribution >= 0.6 is 0 Å². The summed E-state index contributed by atoms with van der Waals surface area (Å²) in [6, 6.07) is 29.2. The van der Waals surface area contributed by atoms with E-state index in [0.29, 0.717) is 5.56 Å². The molecule has 3 rings (SSSR count). The molecule has 0 bridgehead atoms. The quantitative estimate of drug-likeness (QED) is 0.514. The molecule has 0 amide bonds. The molecule has 107 valence electrons. The van der Waals surface area contributed by atoms with Crippen LogP contribution in [0.5, 0.6) is 0 Å². The summed E-state index contributed by atoms with van der Waals surface area (Å²) in [6.45, 7) is 0. The molecule has 0 N–H and O–H groups in total. The van der Waals surface area contributed by atoms with Gasteiger partial charge in [0.15, 0.2) is 0 Å². The number of carbonyl (C=O) groups excluding carboxylic acids is 1. The van der Waals surface area contributed by atoms with Crippen LogP contribution in [0.1, 0.15) is 21.5 Å². The summed E-state index contributed by atoms with van der Waals surface area (Å²) in [6.07, 6.45) is 0. The average Bonchev–Trinajstić information content (AvgIpc) is 2.62. The fraction of sp³-hybridized carbons (Fsp3) is 0.0500. The molecule has 0 spiro atoms. The van der Waals surface area contributed by atoms with E-state index >= 15 is 0 Å². The normalized spacial score (nSPS) is 11.1. The molecule has 2 heteroatoms. The molecule has 1 nitrogen and oxygen atoms in total. The fourth-order valence-corrected chi connectivity index (χ4v) is 3.39. The van der Waals surface area contributed by atoms with Crippen LogP contribution in [0.25, 0.3) is 0 Å². The van der Waals surface area contributed by atoms with Gasteiger partial charge in [0.2, 0.25) is 0 Å². The third-order valence-electron chi connectivity index (χ3n) is 3.72. The topological polar surface area (TPSA) is 17.1 Å². The molecule has 0 saturated heterocycles. The number of carbonyl (C=O) groups is 1. The first kappa shape index (κ1) is 14.8. The van der Waals surface area contributed by atoms with E-state index in [2.05, 4.69) is 16.0 Å². The Hall–Kier alpha value is -2.15. The maximum absolute atomic E-state index is 13.2. The molecular formula is C20H15OSe. The Balaban J connectivity index is 2.18. The van der Waals surface area contributed by atoms with Crippen LogP contribution in [0, 0.1) is 0 Å². The molecule has 3 aromatic carbocycles. The van der Waals surface area contributed by atoms with Crippen molar-refractivity contribution < 1.29 is 4.79 Å². The number of hydrogen-bond acceptors (Lipinski definition) is 1. The Morgan fingerprint density at radius 1 is 0.636 bits per heavy atom. The molecule has 0 heterocycles. The third-order valence-corrected chi connectivity index (χ3v) is 5.09. The first-order valence-corrected chi connectivity index (χ1v) is 8.00. The Bertz CT molecular complexity index is 712. The standard InChI is InChI=1S/C20H15OSe/c21-19(16-10-4-1-5-11-16)20(22,17-12-6-2-7-13-17)18-14-8-3-9-15-18/h1-15H. The van der Waals surface area contributed by atoms with Crippen LogP contribution in [0.3, 0.4) is 0 Å².